The number of benzene rings is 3. The molecule has 0 saturated carbocycles. The van der Waals surface area contributed by atoms with Crippen LogP contribution in [0.3, 0.4) is 0 Å². The quantitative estimate of drug-likeness (QED) is 0.567. The molecule has 0 atom stereocenters. The molecule has 0 bridgehead atoms. The molecule has 0 fully saturated rings. The van der Waals surface area contributed by atoms with Crippen LogP contribution >= 0.6 is 11.6 Å². The van der Waals surface area contributed by atoms with Crippen LogP contribution < -0.4 is 53.6 Å². The molecule has 7 nitrogen and oxygen atoms in total. The van der Waals surface area contributed by atoms with Gasteiger partial charge in [0, 0.05) is 22.4 Å². The van der Waals surface area contributed by atoms with E-state index in [4.69, 9.17) is 30.5 Å². The maximum atomic E-state index is 11.8. The summed E-state index contributed by atoms with van der Waals surface area (Å²) in [5.41, 5.74) is 1.11. The van der Waals surface area contributed by atoms with Crippen LogP contribution in [0.1, 0.15) is 15.9 Å². The molecule has 0 saturated heterocycles. The van der Waals surface area contributed by atoms with Gasteiger partial charge in [-0.05, 0) is 34.9 Å². The maximum absolute atomic E-state index is 11.8. The molecule has 0 spiro atoms. The number of hydrogen-bond acceptors (Lipinski definition) is 7. The number of rotatable bonds is 3. The van der Waals surface area contributed by atoms with Gasteiger partial charge in [-0.2, -0.15) is 0 Å². The van der Waals surface area contributed by atoms with Crippen LogP contribution in [0.25, 0.3) is 21.9 Å². The maximum Gasteiger partial charge on any atom is 1.00 e. The van der Waals surface area contributed by atoms with Crippen LogP contribution in [0, 0.1) is 0 Å². The van der Waals surface area contributed by atoms with Gasteiger partial charge in [-0.3, -0.25) is 0 Å². The standard InChI is InChI=1S/C20H13ClO7.Na/c21-13-5-16-19(28-8-27-16)18-11(13)4-10(20(23)24)12(6-22)17(18)9-1-2-14-15(3-9)26-7-25-14;/h1-5,22H,6-8H2,(H,23,24);/q;+1/p-1. The first-order valence-corrected chi connectivity index (χ1v) is 8.76. The Hall–Kier alpha value is -2.16. The van der Waals surface area contributed by atoms with Gasteiger partial charge in [0.2, 0.25) is 13.6 Å². The molecule has 5 rings (SSSR count). The molecule has 29 heavy (non-hydrogen) atoms. The van der Waals surface area contributed by atoms with Gasteiger partial charge in [0.25, 0.3) is 0 Å². The second kappa shape index (κ2) is 7.59. The van der Waals surface area contributed by atoms with Crippen LogP contribution in [0.4, 0.5) is 0 Å². The number of aromatic carboxylic acids is 1. The zero-order chi connectivity index (χ0) is 19.4. The Morgan fingerprint density at radius 1 is 1.03 bits per heavy atom. The fourth-order valence-electron chi connectivity index (χ4n) is 3.65. The van der Waals surface area contributed by atoms with E-state index in [-0.39, 0.29) is 54.3 Å². The number of carboxylic acids is 1. The minimum Gasteiger partial charge on any atom is -0.545 e. The van der Waals surface area contributed by atoms with Crippen molar-refractivity contribution in [2.24, 2.45) is 0 Å². The average Bonchev–Trinajstić information content (AvgIpc) is 3.34. The van der Waals surface area contributed by atoms with Crippen molar-refractivity contribution in [3.8, 4) is 34.1 Å². The molecule has 0 aliphatic carbocycles. The van der Waals surface area contributed by atoms with Gasteiger partial charge in [-0.25, -0.2) is 0 Å². The van der Waals surface area contributed by atoms with Crippen LogP contribution in [0.15, 0.2) is 30.3 Å². The second-order valence-electron chi connectivity index (χ2n) is 6.31. The van der Waals surface area contributed by atoms with Crippen LogP contribution in [-0.4, -0.2) is 24.7 Å². The zero-order valence-corrected chi connectivity index (χ0v) is 18.0. The Bertz CT molecular complexity index is 1160. The van der Waals surface area contributed by atoms with Crippen LogP contribution in [-0.2, 0) is 6.61 Å². The van der Waals surface area contributed by atoms with Crippen molar-refractivity contribution < 1.29 is 63.5 Å². The van der Waals surface area contributed by atoms with Crippen molar-refractivity contribution in [2.45, 2.75) is 6.61 Å². The number of halogens is 1. The van der Waals surface area contributed by atoms with E-state index in [0.717, 1.165) is 0 Å². The van der Waals surface area contributed by atoms with E-state index in [1.807, 2.05) is 0 Å². The Balaban J connectivity index is 0.00000205. The van der Waals surface area contributed by atoms with E-state index in [1.165, 1.54) is 6.07 Å². The molecule has 3 aromatic carbocycles. The van der Waals surface area contributed by atoms with Gasteiger partial charge in [0.05, 0.1) is 17.6 Å². The molecule has 1 N–H and O–H groups in total. The molecule has 0 aromatic heterocycles. The first kappa shape index (κ1) is 20.1. The summed E-state index contributed by atoms with van der Waals surface area (Å²) < 4.78 is 21.9. The van der Waals surface area contributed by atoms with Crippen molar-refractivity contribution in [2.75, 3.05) is 13.6 Å². The monoisotopic (exact) mass is 422 g/mol. The molecular weight excluding hydrogens is 411 g/mol. The molecule has 142 valence electrons. The largest absolute Gasteiger partial charge is 1.00 e. The molecule has 9 heteroatoms. The SMILES string of the molecule is O=C([O-])c1cc2c(Cl)cc3c(c2c(-c2ccc4c(c2)OCO4)c1CO)OCO3.[Na+]. The molecule has 2 heterocycles. The number of aliphatic hydroxyl groups excluding tert-OH is 1. The molecule has 0 unspecified atom stereocenters. The summed E-state index contributed by atoms with van der Waals surface area (Å²) in [4.78, 5) is 11.8. The normalized spacial score (nSPS) is 13.4. The first-order valence-electron chi connectivity index (χ1n) is 8.38. The summed E-state index contributed by atoms with van der Waals surface area (Å²) in [6.45, 7) is -0.406. The van der Waals surface area contributed by atoms with Crippen molar-refractivity contribution in [1.29, 1.82) is 0 Å². The van der Waals surface area contributed by atoms with Crippen molar-refractivity contribution >= 4 is 28.3 Å². The van der Waals surface area contributed by atoms with Gasteiger partial charge >= 0.3 is 29.6 Å². The average molecular weight is 423 g/mol. The molecule has 2 aliphatic heterocycles. The fraction of sp³-hybridized carbons (Fsp3) is 0.150. The van der Waals surface area contributed by atoms with Gasteiger partial charge in [0.15, 0.2) is 23.0 Å². The summed E-state index contributed by atoms with van der Waals surface area (Å²) in [7, 11) is 0. The number of ether oxygens (including phenoxy) is 4. The third-order valence-electron chi connectivity index (χ3n) is 4.86. The fourth-order valence-corrected chi connectivity index (χ4v) is 3.90. The predicted octanol–water partition coefficient (Wildman–Crippen LogP) is -0.523. The van der Waals surface area contributed by atoms with Crippen molar-refractivity contribution in [3.63, 3.8) is 0 Å². The first-order chi connectivity index (χ1) is 13.6. The smallest absolute Gasteiger partial charge is 0.545 e. The number of carbonyl (C=O) groups is 1. The van der Waals surface area contributed by atoms with E-state index in [2.05, 4.69) is 0 Å². The minimum atomic E-state index is -1.42. The Labute approximate surface area is 192 Å². The third-order valence-corrected chi connectivity index (χ3v) is 5.17. The van der Waals surface area contributed by atoms with Gasteiger partial charge in [-0.1, -0.05) is 17.7 Å². The predicted molar refractivity (Wildman–Crippen MR) is 96.9 cm³/mol. The molecule has 0 radical (unpaired) electrons. The summed E-state index contributed by atoms with van der Waals surface area (Å²) in [6.07, 6.45) is 0. The van der Waals surface area contributed by atoms with Gasteiger partial charge < -0.3 is 34.0 Å². The molecule has 0 amide bonds. The second-order valence-corrected chi connectivity index (χ2v) is 6.71. The van der Waals surface area contributed by atoms with Crippen LogP contribution in [0.5, 0.6) is 23.0 Å². The number of carbonyl (C=O) groups excluding carboxylic acids is 1. The number of carboxylic acid groups (broad SMARTS) is 1. The van der Waals surface area contributed by atoms with Crippen molar-refractivity contribution in [3.05, 3.63) is 46.5 Å². The summed E-state index contributed by atoms with van der Waals surface area (Å²) in [5.74, 6) is 0.569. The van der Waals surface area contributed by atoms with E-state index in [1.54, 1.807) is 24.3 Å². The number of hydrogen-bond donors (Lipinski definition) is 1. The summed E-state index contributed by atoms with van der Waals surface area (Å²) in [5, 5.41) is 23.1. The molecule has 3 aromatic rings. The Morgan fingerprint density at radius 3 is 2.52 bits per heavy atom. The van der Waals surface area contributed by atoms with E-state index >= 15 is 0 Å². The summed E-state index contributed by atoms with van der Waals surface area (Å²) in [6, 6.07) is 8.16. The van der Waals surface area contributed by atoms with Gasteiger partial charge in [-0.15, -0.1) is 0 Å². The minimum absolute atomic E-state index is 0. The summed E-state index contributed by atoms with van der Waals surface area (Å²) >= 11 is 6.41. The molecule has 2 aliphatic rings. The number of aliphatic hydroxyl groups is 1. The molecular formula is C20H12ClNaO7. The third kappa shape index (κ3) is 3.10. The van der Waals surface area contributed by atoms with Crippen LogP contribution in [0.2, 0.25) is 5.02 Å². The van der Waals surface area contributed by atoms with E-state index < -0.39 is 12.6 Å². The zero-order valence-electron chi connectivity index (χ0n) is 15.3. The van der Waals surface area contributed by atoms with E-state index in [0.29, 0.717) is 49.9 Å². The van der Waals surface area contributed by atoms with Crippen molar-refractivity contribution in [1.82, 2.24) is 0 Å². The van der Waals surface area contributed by atoms with Gasteiger partial charge in [0.1, 0.15) is 0 Å². The Morgan fingerprint density at radius 2 is 1.76 bits per heavy atom. The Kier molecular flexibility index (Phi) is 5.27. The number of fused-ring (bicyclic) bond motifs is 4. The van der Waals surface area contributed by atoms with E-state index in [9.17, 15) is 15.0 Å². The topological polar surface area (TPSA) is 97.3 Å².